The molecule has 1 unspecified atom stereocenters. The summed E-state index contributed by atoms with van der Waals surface area (Å²) in [5.74, 6) is -1.32. The summed E-state index contributed by atoms with van der Waals surface area (Å²) in [4.78, 5) is 38.2. The van der Waals surface area contributed by atoms with E-state index in [0.29, 0.717) is 36.3 Å². The molecule has 0 saturated carbocycles. The zero-order chi connectivity index (χ0) is 29.2. The molecule has 1 saturated heterocycles. The van der Waals surface area contributed by atoms with Crippen LogP contribution in [0.3, 0.4) is 0 Å². The number of anilines is 1. The quantitative estimate of drug-likeness (QED) is 0.129. The Labute approximate surface area is 244 Å². The molecule has 1 fully saturated rings. The number of halogens is 2. The van der Waals surface area contributed by atoms with Crippen LogP contribution in [0.2, 0.25) is 10.0 Å². The number of carboxylic acid groups (broad SMARTS) is 1. The van der Waals surface area contributed by atoms with E-state index in [-0.39, 0.29) is 28.7 Å². The van der Waals surface area contributed by atoms with E-state index in [1.807, 2.05) is 18.2 Å². The third-order valence-corrected chi connectivity index (χ3v) is 7.57. The number of hydrogen-bond donors (Lipinski definition) is 5. The number of nitrogens with two attached hydrogens (primary N) is 1. The summed E-state index contributed by atoms with van der Waals surface area (Å²) in [5.41, 5.74) is 9.72. The van der Waals surface area contributed by atoms with Crippen molar-refractivity contribution in [2.45, 2.75) is 38.1 Å². The number of rotatable bonds is 14. The predicted octanol–water partition coefficient (Wildman–Crippen LogP) is 3.83. The first kappa shape index (κ1) is 30.8. The number of amides is 2. The summed E-state index contributed by atoms with van der Waals surface area (Å²) in [6.45, 7) is 9.66. The smallest absolute Gasteiger partial charge is 0.328 e. The maximum atomic E-state index is 13.3. The monoisotopic (exact) mass is 587 g/mol. The van der Waals surface area contributed by atoms with Crippen molar-refractivity contribution in [2.75, 3.05) is 31.9 Å². The third-order valence-electron chi connectivity index (χ3n) is 6.86. The second kappa shape index (κ2) is 14.6. The molecule has 1 atom stereocenters. The first-order valence-electron chi connectivity index (χ1n) is 13.0. The van der Waals surface area contributed by atoms with Crippen LogP contribution in [0.1, 0.15) is 51.9 Å². The highest BCUT2D eigenvalue weighted by atomic mass is 35.5. The van der Waals surface area contributed by atoms with Crippen molar-refractivity contribution in [1.82, 2.24) is 20.9 Å². The molecule has 2 aromatic rings. The minimum Gasteiger partial charge on any atom is -0.480 e. The zero-order valence-corrected chi connectivity index (χ0v) is 23.8. The van der Waals surface area contributed by atoms with Crippen LogP contribution < -0.4 is 21.7 Å². The van der Waals surface area contributed by atoms with Gasteiger partial charge in [0.1, 0.15) is 6.04 Å². The molecule has 40 heavy (non-hydrogen) atoms. The van der Waals surface area contributed by atoms with E-state index >= 15 is 0 Å². The van der Waals surface area contributed by atoms with Crippen molar-refractivity contribution < 1.29 is 19.5 Å². The van der Waals surface area contributed by atoms with E-state index in [2.05, 4.69) is 34.0 Å². The Kier molecular flexibility index (Phi) is 11.3. The van der Waals surface area contributed by atoms with Gasteiger partial charge in [-0.3, -0.25) is 9.59 Å². The van der Waals surface area contributed by atoms with Gasteiger partial charge in [0.15, 0.2) is 0 Å². The molecular weight excluding hydrogens is 553 g/mol. The van der Waals surface area contributed by atoms with E-state index in [9.17, 15) is 19.5 Å². The molecule has 1 aliphatic heterocycles. The lowest BCUT2D eigenvalue weighted by molar-refractivity contribution is -0.139. The number of nitrogens with one attached hydrogen (secondary N) is 3. The molecule has 9 nitrogen and oxygen atoms in total. The van der Waals surface area contributed by atoms with E-state index in [1.54, 1.807) is 12.1 Å². The fourth-order valence-electron chi connectivity index (χ4n) is 4.67. The highest BCUT2D eigenvalue weighted by molar-refractivity contribution is 6.40. The number of nitrogens with zero attached hydrogens (tertiary/aromatic N) is 1. The summed E-state index contributed by atoms with van der Waals surface area (Å²) in [7, 11) is 0. The van der Waals surface area contributed by atoms with Crippen molar-refractivity contribution in [2.24, 2.45) is 0 Å². The Morgan fingerprint density at radius 3 is 2.52 bits per heavy atom. The number of benzene rings is 2. The van der Waals surface area contributed by atoms with E-state index in [1.165, 1.54) is 0 Å². The van der Waals surface area contributed by atoms with Crippen LogP contribution in [0.15, 0.2) is 43.2 Å². The number of piperidine rings is 1. The fourth-order valence-corrected chi connectivity index (χ4v) is 5.43. The molecule has 1 aliphatic rings. The lowest BCUT2D eigenvalue weighted by Gasteiger charge is -2.31. The first-order chi connectivity index (χ1) is 19.2. The van der Waals surface area contributed by atoms with Gasteiger partial charge in [0.25, 0.3) is 5.91 Å². The van der Waals surface area contributed by atoms with Gasteiger partial charge >= 0.3 is 5.97 Å². The summed E-state index contributed by atoms with van der Waals surface area (Å²) < 4.78 is 0. The molecule has 1 heterocycles. The summed E-state index contributed by atoms with van der Waals surface area (Å²) >= 11 is 13.3. The molecule has 0 aromatic heterocycles. The second-order valence-corrected chi connectivity index (χ2v) is 10.4. The maximum Gasteiger partial charge on any atom is 0.328 e. The van der Waals surface area contributed by atoms with Crippen LogP contribution in [-0.4, -0.2) is 60.5 Å². The van der Waals surface area contributed by atoms with Crippen LogP contribution in [0, 0.1) is 0 Å². The Bertz CT molecular complexity index is 1280. The van der Waals surface area contributed by atoms with Gasteiger partial charge in [0.2, 0.25) is 6.41 Å². The van der Waals surface area contributed by atoms with Crippen molar-refractivity contribution in [3.05, 3.63) is 81.1 Å². The molecule has 0 aliphatic carbocycles. The number of nitrogen functional groups attached to an aromatic ring is 1. The first-order valence-corrected chi connectivity index (χ1v) is 13.8. The number of carbonyl (C=O) groups excluding carboxylic acids is 2. The van der Waals surface area contributed by atoms with E-state index in [0.717, 1.165) is 49.0 Å². The molecule has 214 valence electrons. The van der Waals surface area contributed by atoms with Crippen molar-refractivity contribution in [1.29, 1.82) is 0 Å². The summed E-state index contributed by atoms with van der Waals surface area (Å²) in [5, 5.41) is 18.1. The van der Waals surface area contributed by atoms with Crippen molar-refractivity contribution in [3.8, 4) is 0 Å². The number of hydrogen-bond acceptors (Lipinski definition) is 6. The second-order valence-electron chi connectivity index (χ2n) is 9.59. The van der Waals surface area contributed by atoms with Crippen molar-refractivity contribution >= 4 is 53.3 Å². The van der Waals surface area contributed by atoms with Gasteiger partial charge < -0.3 is 31.7 Å². The minimum absolute atomic E-state index is 0.0317. The molecule has 2 aromatic carbocycles. The lowest BCUT2D eigenvalue weighted by Crippen LogP contribution is -2.48. The Morgan fingerprint density at radius 2 is 1.90 bits per heavy atom. The topological polar surface area (TPSA) is 137 Å². The molecule has 0 spiro atoms. The number of likely N-dealkylation sites (tertiary alicyclic amines) is 1. The summed E-state index contributed by atoms with van der Waals surface area (Å²) in [6.07, 6.45) is 6.23. The SMILES string of the molecule is C=Cc1ccc(Cc2cc(Cl)c(C(=O)NC(CNC(=C)N3CCCCC3)C(=O)O)c(Cl)c2CCNC=O)cc1N. The Hall–Kier alpha value is -3.69. The molecule has 2 amide bonds. The van der Waals surface area contributed by atoms with Crippen LogP contribution in [0.4, 0.5) is 5.69 Å². The average molecular weight is 589 g/mol. The molecule has 11 heteroatoms. The molecular formula is C29H35Cl2N5O4. The standard InChI is InChI=1S/C29H35Cl2N5O4/c1-3-20-8-7-19(14-24(20)32)13-21-15-23(30)26(27(31)22(21)9-10-33-17-37)28(38)35-25(29(39)40)16-34-18(2)36-11-5-4-6-12-36/h3,7-8,14-15,17,25,34H,1-2,4-6,9-13,16,32H2,(H,33,37)(H,35,38)(H,39,40). The average Bonchev–Trinajstić information content (AvgIpc) is 2.93. The van der Waals surface area contributed by atoms with Gasteiger partial charge in [-0.25, -0.2) is 4.79 Å². The molecule has 0 bridgehead atoms. The lowest BCUT2D eigenvalue weighted by atomic mass is 9.94. The van der Waals surface area contributed by atoms with Crippen LogP contribution in [-0.2, 0) is 22.4 Å². The van der Waals surface area contributed by atoms with Gasteiger partial charge in [-0.2, -0.15) is 0 Å². The maximum absolute atomic E-state index is 13.3. The van der Waals surface area contributed by atoms with Gasteiger partial charge in [-0.05, 0) is 66.5 Å². The van der Waals surface area contributed by atoms with Gasteiger partial charge in [0, 0.05) is 31.9 Å². The predicted molar refractivity (Wildman–Crippen MR) is 159 cm³/mol. The Balaban J connectivity index is 1.84. The Morgan fingerprint density at radius 1 is 1.18 bits per heavy atom. The highest BCUT2D eigenvalue weighted by Crippen LogP contribution is 2.33. The number of carboxylic acids is 1. The largest absolute Gasteiger partial charge is 0.480 e. The zero-order valence-electron chi connectivity index (χ0n) is 22.3. The molecule has 6 N–H and O–H groups in total. The minimum atomic E-state index is -1.26. The van der Waals surface area contributed by atoms with Crippen LogP contribution in [0.25, 0.3) is 6.08 Å². The normalized spacial score (nSPS) is 13.7. The molecule has 3 rings (SSSR count). The fraction of sp³-hybridized carbons (Fsp3) is 0.345. The number of carbonyl (C=O) groups is 3. The van der Waals surface area contributed by atoms with Gasteiger partial charge in [-0.1, -0.05) is 54.6 Å². The van der Waals surface area contributed by atoms with Gasteiger partial charge in [-0.15, -0.1) is 0 Å². The van der Waals surface area contributed by atoms with E-state index < -0.39 is 17.9 Å². The van der Waals surface area contributed by atoms with Crippen molar-refractivity contribution in [3.63, 3.8) is 0 Å². The highest BCUT2D eigenvalue weighted by Gasteiger charge is 2.26. The van der Waals surface area contributed by atoms with Gasteiger partial charge in [0.05, 0.1) is 21.4 Å². The number of aliphatic carboxylic acids is 1. The van der Waals surface area contributed by atoms with Crippen LogP contribution >= 0.6 is 23.2 Å². The molecule has 0 radical (unpaired) electrons. The summed E-state index contributed by atoms with van der Waals surface area (Å²) in [6, 6.07) is 5.98. The van der Waals surface area contributed by atoms with Crippen LogP contribution in [0.5, 0.6) is 0 Å². The van der Waals surface area contributed by atoms with E-state index in [4.69, 9.17) is 28.9 Å². The third kappa shape index (κ3) is 7.92.